The van der Waals surface area contributed by atoms with Gasteiger partial charge in [0.15, 0.2) is 6.10 Å². The molecule has 0 aromatic carbocycles. The van der Waals surface area contributed by atoms with Crippen LogP contribution in [0.5, 0.6) is 0 Å². The monoisotopic (exact) mass is 880 g/mol. The highest BCUT2D eigenvalue weighted by atomic mass is 31.2. The first-order valence-corrected chi connectivity index (χ1v) is 26.3. The number of quaternary nitrogens is 1. The predicted octanol–water partition coefficient (Wildman–Crippen LogP) is 14.0. The van der Waals surface area contributed by atoms with E-state index in [0.29, 0.717) is 17.4 Å². The predicted molar refractivity (Wildman–Crippen MR) is 254 cm³/mol. The summed E-state index contributed by atoms with van der Waals surface area (Å²) < 4.78 is 34.0. The van der Waals surface area contributed by atoms with E-state index in [2.05, 4.69) is 62.5 Å². The van der Waals surface area contributed by atoms with E-state index in [4.69, 9.17) is 18.5 Å². The minimum absolute atomic E-state index is 0.0362. The highest BCUT2D eigenvalue weighted by molar-refractivity contribution is 7.45. The molecule has 0 radical (unpaired) electrons. The summed E-state index contributed by atoms with van der Waals surface area (Å²) in [5.74, 6) is -0.856. The molecule has 0 bridgehead atoms. The van der Waals surface area contributed by atoms with Crippen LogP contribution >= 0.6 is 7.82 Å². The van der Waals surface area contributed by atoms with Crippen LogP contribution in [0.2, 0.25) is 0 Å². The van der Waals surface area contributed by atoms with Crippen LogP contribution in [0, 0.1) is 0 Å². The van der Waals surface area contributed by atoms with Gasteiger partial charge >= 0.3 is 11.9 Å². The lowest BCUT2D eigenvalue weighted by atomic mass is 10.0. The first kappa shape index (κ1) is 59.0. The van der Waals surface area contributed by atoms with Crippen LogP contribution in [0.1, 0.15) is 213 Å². The zero-order chi connectivity index (χ0) is 45.0. The van der Waals surface area contributed by atoms with Gasteiger partial charge in [0.2, 0.25) is 0 Å². The molecular weight excluding hydrogens is 786 g/mol. The van der Waals surface area contributed by atoms with E-state index in [1.165, 1.54) is 109 Å². The summed E-state index contributed by atoms with van der Waals surface area (Å²) in [6.07, 6.45) is 51.4. The number of hydrogen-bond acceptors (Lipinski definition) is 8. The number of unbranched alkanes of at least 4 members (excludes halogenated alkanes) is 23. The van der Waals surface area contributed by atoms with Crippen LogP contribution in [0.3, 0.4) is 0 Å². The van der Waals surface area contributed by atoms with Crippen LogP contribution < -0.4 is 4.89 Å². The maximum absolute atomic E-state index is 12.7. The maximum atomic E-state index is 12.7. The summed E-state index contributed by atoms with van der Waals surface area (Å²) in [6, 6.07) is 0. The number of allylic oxidation sites excluding steroid dienone is 8. The normalized spacial score (nSPS) is 13.9. The minimum Gasteiger partial charge on any atom is -0.756 e. The van der Waals surface area contributed by atoms with E-state index in [1.54, 1.807) is 0 Å². The van der Waals surface area contributed by atoms with Crippen molar-refractivity contribution in [2.45, 2.75) is 219 Å². The van der Waals surface area contributed by atoms with Gasteiger partial charge in [-0.2, -0.15) is 0 Å². The Balaban J connectivity index is 4.28. The summed E-state index contributed by atoms with van der Waals surface area (Å²) in [4.78, 5) is 37.7. The summed E-state index contributed by atoms with van der Waals surface area (Å²) in [5, 5.41) is 0. The molecule has 10 heteroatoms. The number of carbonyl (C=O) groups excluding carboxylic acids is 2. The van der Waals surface area contributed by atoms with Gasteiger partial charge in [0.05, 0.1) is 27.7 Å². The van der Waals surface area contributed by atoms with Crippen LogP contribution in [0.4, 0.5) is 0 Å². The van der Waals surface area contributed by atoms with Crippen molar-refractivity contribution >= 4 is 19.8 Å². The maximum Gasteiger partial charge on any atom is 0.306 e. The fourth-order valence-electron chi connectivity index (χ4n) is 6.76. The Labute approximate surface area is 375 Å². The Morgan fingerprint density at radius 1 is 0.525 bits per heavy atom. The van der Waals surface area contributed by atoms with Crippen molar-refractivity contribution in [2.24, 2.45) is 0 Å². The molecule has 0 spiro atoms. The van der Waals surface area contributed by atoms with Gasteiger partial charge in [0.1, 0.15) is 19.8 Å². The molecule has 9 nitrogen and oxygen atoms in total. The van der Waals surface area contributed by atoms with Crippen LogP contribution in [-0.4, -0.2) is 70.0 Å². The molecule has 356 valence electrons. The number of rotatable bonds is 45. The Kier molecular flexibility index (Phi) is 41.8. The zero-order valence-electron chi connectivity index (χ0n) is 40.1. The van der Waals surface area contributed by atoms with Gasteiger partial charge < -0.3 is 27.9 Å². The number of nitrogens with zero attached hydrogens (tertiary/aromatic N) is 1. The molecule has 0 aliphatic rings. The van der Waals surface area contributed by atoms with E-state index in [-0.39, 0.29) is 32.0 Å². The number of phosphoric ester groups is 1. The average molecular weight is 880 g/mol. The summed E-state index contributed by atoms with van der Waals surface area (Å²) in [7, 11) is 1.15. The lowest BCUT2D eigenvalue weighted by Gasteiger charge is -2.28. The number of carbonyl (C=O) groups is 2. The van der Waals surface area contributed by atoms with Crippen molar-refractivity contribution in [3.63, 3.8) is 0 Å². The van der Waals surface area contributed by atoms with Gasteiger partial charge in [0, 0.05) is 12.8 Å². The molecular formula is C51H94NO8P. The first-order valence-electron chi connectivity index (χ1n) is 24.8. The van der Waals surface area contributed by atoms with Gasteiger partial charge in [-0.3, -0.25) is 14.2 Å². The molecule has 0 saturated carbocycles. The van der Waals surface area contributed by atoms with Crippen LogP contribution in [0.15, 0.2) is 48.6 Å². The average Bonchev–Trinajstić information content (AvgIpc) is 3.21. The number of esters is 2. The number of hydrogen-bond donors (Lipinski definition) is 0. The molecule has 0 aliphatic carbocycles. The van der Waals surface area contributed by atoms with Crippen molar-refractivity contribution in [1.82, 2.24) is 0 Å². The van der Waals surface area contributed by atoms with Gasteiger partial charge in [-0.1, -0.05) is 197 Å². The third kappa shape index (κ3) is 47.3. The van der Waals surface area contributed by atoms with Crippen molar-refractivity contribution in [1.29, 1.82) is 0 Å². The summed E-state index contributed by atoms with van der Waals surface area (Å²) in [6.45, 7) is 4.11. The van der Waals surface area contributed by atoms with Crippen molar-refractivity contribution in [2.75, 3.05) is 47.5 Å². The van der Waals surface area contributed by atoms with Gasteiger partial charge in [-0.05, 0) is 51.4 Å². The summed E-state index contributed by atoms with van der Waals surface area (Å²) >= 11 is 0. The van der Waals surface area contributed by atoms with Crippen molar-refractivity contribution < 1.29 is 42.1 Å². The van der Waals surface area contributed by atoms with Crippen molar-refractivity contribution in [3.05, 3.63) is 48.6 Å². The molecule has 0 amide bonds. The second-order valence-electron chi connectivity index (χ2n) is 17.8. The molecule has 0 aromatic heterocycles. The highest BCUT2D eigenvalue weighted by Gasteiger charge is 2.21. The Morgan fingerprint density at radius 2 is 0.934 bits per heavy atom. The molecule has 0 heterocycles. The molecule has 0 aromatic rings. The standard InChI is InChI=1S/C51H94NO8P/c1-6-8-10-12-14-16-18-20-22-24-25-26-28-29-31-33-35-37-39-41-43-50(53)57-47-49(48-59-61(55,56)58-46-45-52(3,4)5)60-51(54)44-42-40-38-36-34-32-30-27-23-21-19-17-15-13-11-9-7-2/h9,11,15,17,21,23,30,32,49H,6-8,10,12-14,16,18-20,22,24-29,31,33-48H2,1-5H3/b11-9-,17-15-,23-21-,32-30-. The van der Waals surface area contributed by atoms with Gasteiger partial charge in [-0.15, -0.1) is 0 Å². The second kappa shape index (κ2) is 43.2. The number of phosphoric acid groups is 1. The summed E-state index contributed by atoms with van der Waals surface area (Å²) in [5.41, 5.74) is 0. The number of likely N-dealkylation sites (N-methyl/N-ethyl adjacent to an activating group) is 1. The van der Waals surface area contributed by atoms with Gasteiger partial charge in [0.25, 0.3) is 7.82 Å². The smallest absolute Gasteiger partial charge is 0.306 e. The SMILES string of the molecule is CC/C=C\C/C=C\C/C=C\C/C=C\CCCCCCC(=O)OC(COC(=O)CCCCCCCCCCCCCCCCCCCCCC)COP(=O)([O-])OCC[N+](C)(C)C. The molecule has 2 unspecified atom stereocenters. The van der Waals surface area contributed by atoms with Gasteiger partial charge in [-0.25, -0.2) is 0 Å². The second-order valence-corrected chi connectivity index (χ2v) is 19.2. The van der Waals surface area contributed by atoms with Crippen LogP contribution in [0.25, 0.3) is 0 Å². The van der Waals surface area contributed by atoms with E-state index in [1.807, 2.05) is 21.1 Å². The minimum atomic E-state index is -4.64. The topological polar surface area (TPSA) is 111 Å². The fourth-order valence-corrected chi connectivity index (χ4v) is 7.49. The van der Waals surface area contributed by atoms with Crippen LogP contribution in [-0.2, 0) is 32.7 Å². The van der Waals surface area contributed by atoms with E-state index >= 15 is 0 Å². The molecule has 0 rings (SSSR count). The Bertz CT molecular complexity index is 1180. The molecule has 2 atom stereocenters. The molecule has 0 saturated heterocycles. The first-order chi connectivity index (χ1) is 29.5. The van der Waals surface area contributed by atoms with E-state index in [0.717, 1.165) is 70.6 Å². The largest absolute Gasteiger partial charge is 0.756 e. The molecule has 0 fully saturated rings. The zero-order valence-corrected chi connectivity index (χ0v) is 41.0. The van der Waals surface area contributed by atoms with E-state index in [9.17, 15) is 19.0 Å². The lowest BCUT2D eigenvalue weighted by molar-refractivity contribution is -0.870. The third-order valence-electron chi connectivity index (χ3n) is 10.6. The third-order valence-corrected chi connectivity index (χ3v) is 11.6. The molecule has 61 heavy (non-hydrogen) atoms. The van der Waals surface area contributed by atoms with Crippen molar-refractivity contribution in [3.8, 4) is 0 Å². The number of ether oxygens (including phenoxy) is 2. The lowest BCUT2D eigenvalue weighted by Crippen LogP contribution is -2.37. The quantitative estimate of drug-likeness (QED) is 0.0195. The molecule has 0 aliphatic heterocycles. The fraction of sp³-hybridized carbons (Fsp3) is 0.804. The Morgan fingerprint density at radius 3 is 1.39 bits per heavy atom. The highest BCUT2D eigenvalue weighted by Crippen LogP contribution is 2.38. The Hall–Kier alpha value is -2.03. The van der Waals surface area contributed by atoms with E-state index < -0.39 is 26.5 Å². The molecule has 0 N–H and O–H groups in total.